The predicted molar refractivity (Wildman–Crippen MR) is 86.6 cm³/mol. The zero-order chi connectivity index (χ0) is 16.1. The van der Waals surface area contributed by atoms with Crippen molar-refractivity contribution in [2.45, 2.75) is 44.2 Å². The van der Waals surface area contributed by atoms with Crippen LogP contribution in [0.1, 0.15) is 53.5 Å². The van der Waals surface area contributed by atoms with Gasteiger partial charge in [0.15, 0.2) is 5.69 Å². The van der Waals surface area contributed by atoms with E-state index in [4.69, 9.17) is 4.52 Å². The first-order chi connectivity index (χ1) is 11.8. The summed E-state index contributed by atoms with van der Waals surface area (Å²) in [5.41, 5.74) is 2.34. The smallest absolute Gasteiger partial charge is 0.276 e. The van der Waals surface area contributed by atoms with Crippen molar-refractivity contribution in [3.05, 3.63) is 53.8 Å². The summed E-state index contributed by atoms with van der Waals surface area (Å²) < 4.78 is 7.38. The molecule has 1 amide bonds. The molecule has 3 aromatic heterocycles. The van der Waals surface area contributed by atoms with E-state index in [0.29, 0.717) is 24.2 Å². The number of hydrogen-bond donors (Lipinski definition) is 0. The maximum absolute atomic E-state index is 12.9. The molecule has 0 aliphatic heterocycles. The first-order valence-corrected chi connectivity index (χ1v) is 8.48. The van der Waals surface area contributed by atoms with Crippen LogP contribution in [0, 0.1) is 0 Å². The van der Waals surface area contributed by atoms with Gasteiger partial charge in [-0.25, -0.2) is 4.98 Å². The first kappa shape index (κ1) is 13.8. The van der Waals surface area contributed by atoms with Crippen molar-refractivity contribution >= 4 is 11.6 Å². The number of amides is 1. The van der Waals surface area contributed by atoms with E-state index in [1.54, 1.807) is 0 Å². The van der Waals surface area contributed by atoms with Crippen molar-refractivity contribution < 1.29 is 9.32 Å². The van der Waals surface area contributed by atoms with Crippen LogP contribution >= 0.6 is 0 Å². The topological polar surface area (TPSA) is 63.6 Å². The highest BCUT2D eigenvalue weighted by molar-refractivity contribution is 5.92. The van der Waals surface area contributed by atoms with Crippen LogP contribution in [-0.4, -0.2) is 31.4 Å². The molecule has 0 spiro atoms. The van der Waals surface area contributed by atoms with Crippen molar-refractivity contribution in [1.29, 1.82) is 0 Å². The SMILES string of the molecule is O=C(c1cc(C2CC2)on1)N(Cc1cnc2ccccn12)C1CC1. The lowest BCUT2D eigenvalue weighted by molar-refractivity contribution is 0.0716. The van der Waals surface area contributed by atoms with E-state index >= 15 is 0 Å². The maximum atomic E-state index is 12.9. The molecule has 6 heteroatoms. The van der Waals surface area contributed by atoms with E-state index in [-0.39, 0.29) is 5.91 Å². The molecule has 3 aromatic rings. The fourth-order valence-electron chi connectivity index (χ4n) is 3.13. The lowest BCUT2D eigenvalue weighted by Crippen LogP contribution is -2.33. The molecule has 0 N–H and O–H groups in total. The Morgan fingerprint density at radius 3 is 2.96 bits per heavy atom. The standard InChI is InChI=1S/C18H18N4O2/c23-18(15-9-16(24-20-15)12-4-5-12)22(13-6-7-13)11-14-10-19-17-3-1-2-8-21(14)17/h1-3,8-10,12-13H,4-7,11H2. The van der Waals surface area contributed by atoms with Gasteiger partial charge < -0.3 is 13.8 Å². The second-order valence-corrected chi connectivity index (χ2v) is 6.73. The number of pyridine rings is 1. The van der Waals surface area contributed by atoms with Gasteiger partial charge in [0.1, 0.15) is 11.4 Å². The largest absolute Gasteiger partial charge is 0.360 e. The minimum Gasteiger partial charge on any atom is -0.360 e. The fraction of sp³-hybridized carbons (Fsp3) is 0.389. The van der Waals surface area contributed by atoms with Gasteiger partial charge in [0.25, 0.3) is 5.91 Å². The molecular formula is C18H18N4O2. The van der Waals surface area contributed by atoms with Crippen LogP contribution in [0.15, 0.2) is 41.2 Å². The number of carbonyl (C=O) groups excluding carboxylic acids is 1. The number of imidazole rings is 1. The summed E-state index contributed by atoms with van der Waals surface area (Å²) in [6.45, 7) is 0.542. The molecule has 6 nitrogen and oxygen atoms in total. The Morgan fingerprint density at radius 1 is 1.29 bits per heavy atom. The van der Waals surface area contributed by atoms with E-state index in [1.165, 1.54) is 0 Å². The van der Waals surface area contributed by atoms with Crippen LogP contribution in [0.2, 0.25) is 0 Å². The number of aromatic nitrogens is 3. The molecular weight excluding hydrogens is 304 g/mol. The highest BCUT2D eigenvalue weighted by atomic mass is 16.5. The molecule has 122 valence electrons. The van der Waals surface area contributed by atoms with Gasteiger partial charge in [-0.15, -0.1) is 0 Å². The van der Waals surface area contributed by atoms with E-state index in [1.807, 2.05) is 46.0 Å². The summed E-state index contributed by atoms with van der Waals surface area (Å²) in [5.74, 6) is 1.27. The van der Waals surface area contributed by atoms with Crippen LogP contribution in [0.4, 0.5) is 0 Å². The molecule has 5 rings (SSSR count). The molecule has 0 unspecified atom stereocenters. The summed E-state index contributed by atoms with van der Waals surface area (Å²) in [6.07, 6.45) is 8.20. The second-order valence-electron chi connectivity index (χ2n) is 6.73. The van der Waals surface area contributed by atoms with Gasteiger partial charge in [-0.3, -0.25) is 4.79 Å². The fourth-order valence-corrected chi connectivity index (χ4v) is 3.13. The minimum absolute atomic E-state index is 0.0426. The number of rotatable bonds is 5. The van der Waals surface area contributed by atoms with Crippen molar-refractivity contribution in [1.82, 2.24) is 19.4 Å². The van der Waals surface area contributed by atoms with Crippen LogP contribution in [-0.2, 0) is 6.54 Å². The summed E-state index contributed by atoms with van der Waals surface area (Å²) in [6, 6.07) is 8.02. The molecule has 0 aromatic carbocycles. The molecule has 0 bridgehead atoms. The van der Waals surface area contributed by atoms with E-state index < -0.39 is 0 Å². The number of fused-ring (bicyclic) bond motifs is 1. The third-order valence-corrected chi connectivity index (χ3v) is 4.80. The highest BCUT2D eigenvalue weighted by Crippen LogP contribution is 2.40. The van der Waals surface area contributed by atoms with Crippen molar-refractivity contribution in [3.63, 3.8) is 0 Å². The van der Waals surface area contributed by atoms with Crippen molar-refractivity contribution in [3.8, 4) is 0 Å². The Balaban J connectivity index is 1.42. The molecule has 2 aliphatic carbocycles. The maximum Gasteiger partial charge on any atom is 0.276 e. The molecule has 0 saturated heterocycles. The molecule has 0 radical (unpaired) electrons. The molecule has 0 atom stereocenters. The second kappa shape index (κ2) is 5.19. The Labute approximate surface area is 139 Å². The molecule has 3 heterocycles. The zero-order valence-electron chi connectivity index (χ0n) is 13.3. The molecule has 2 fully saturated rings. The van der Waals surface area contributed by atoms with Crippen molar-refractivity contribution in [2.24, 2.45) is 0 Å². The van der Waals surface area contributed by atoms with Gasteiger partial charge in [-0.05, 0) is 37.8 Å². The highest BCUT2D eigenvalue weighted by Gasteiger charge is 2.36. The number of nitrogens with zero attached hydrogens (tertiary/aromatic N) is 4. The van der Waals surface area contributed by atoms with Gasteiger partial charge >= 0.3 is 0 Å². The Kier molecular flexibility index (Phi) is 2.98. The normalized spacial score (nSPS) is 17.3. The van der Waals surface area contributed by atoms with Crippen LogP contribution in [0.5, 0.6) is 0 Å². The average Bonchev–Trinajstić information content (AvgIpc) is 3.54. The van der Waals surface area contributed by atoms with Gasteiger partial charge in [0.2, 0.25) is 0 Å². The molecule has 2 aliphatic rings. The van der Waals surface area contributed by atoms with E-state index in [0.717, 1.165) is 42.8 Å². The van der Waals surface area contributed by atoms with E-state index in [9.17, 15) is 4.79 Å². The lowest BCUT2D eigenvalue weighted by atomic mass is 10.2. The average molecular weight is 322 g/mol. The zero-order valence-corrected chi connectivity index (χ0v) is 13.3. The molecule has 2 saturated carbocycles. The van der Waals surface area contributed by atoms with Gasteiger partial charge in [0.05, 0.1) is 18.4 Å². The summed E-state index contributed by atoms with van der Waals surface area (Å²) >= 11 is 0. The van der Waals surface area contributed by atoms with Gasteiger partial charge in [-0.1, -0.05) is 11.2 Å². The predicted octanol–water partition coefficient (Wildman–Crippen LogP) is 3.00. The van der Waals surface area contributed by atoms with Crippen LogP contribution in [0.25, 0.3) is 5.65 Å². The van der Waals surface area contributed by atoms with E-state index in [2.05, 4.69) is 10.1 Å². The Hall–Kier alpha value is -2.63. The monoisotopic (exact) mass is 322 g/mol. The summed E-state index contributed by atoms with van der Waals surface area (Å²) in [7, 11) is 0. The van der Waals surface area contributed by atoms with Gasteiger partial charge in [-0.2, -0.15) is 0 Å². The summed E-state index contributed by atoms with van der Waals surface area (Å²) in [5, 5.41) is 4.01. The lowest BCUT2D eigenvalue weighted by Gasteiger charge is -2.20. The minimum atomic E-state index is -0.0426. The summed E-state index contributed by atoms with van der Waals surface area (Å²) in [4.78, 5) is 19.2. The number of hydrogen-bond acceptors (Lipinski definition) is 4. The molecule has 24 heavy (non-hydrogen) atoms. The first-order valence-electron chi connectivity index (χ1n) is 8.48. The van der Waals surface area contributed by atoms with Gasteiger partial charge in [0, 0.05) is 24.2 Å². The third kappa shape index (κ3) is 2.38. The number of carbonyl (C=O) groups is 1. The van der Waals surface area contributed by atoms with Crippen LogP contribution < -0.4 is 0 Å². The van der Waals surface area contributed by atoms with Crippen molar-refractivity contribution in [2.75, 3.05) is 0 Å². The Bertz CT molecular complexity index is 905. The Morgan fingerprint density at radius 2 is 2.17 bits per heavy atom. The quantitative estimate of drug-likeness (QED) is 0.724. The van der Waals surface area contributed by atoms with Crippen LogP contribution in [0.3, 0.4) is 0 Å². The third-order valence-electron chi connectivity index (χ3n) is 4.80.